The van der Waals surface area contributed by atoms with E-state index in [1.54, 1.807) is 6.07 Å². The van der Waals surface area contributed by atoms with Crippen LogP contribution in [-0.2, 0) is 6.18 Å². The van der Waals surface area contributed by atoms with Crippen molar-refractivity contribution < 1.29 is 13.2 Å². The predicted molar refractivity (Wildman–Crippen MR) is 68.3 cm³/mol. The monoisotopic (exact) mass is 287 g/mol. The van der Waals surface area contributed by atoms with Crippen LogP contribution >= 0.6 is 0 Å². The second kappa shape index (κ2) is 5.26. The molecule has 2 aromatic rings. The first-order valence-electron chi connectivity index (χ1n) is 6.39. The number of alkyl halides is 3. The van der Waals surface area contributed by atoms with Gasteiger partial charge in [-0.15, -0.1) is 15.3 Å². The van der Waals surface area contributed by atoms with E-state index in [1.807, 2.05) is 6.92 Å². The van der Waals surface area contributed by atoms with E-state index in [2.05, 4.69) is 34.5 Å². The van der Waals surface area contributed by atoms with Gasteiger partial charge < -0.3 is 5.32 Å². The Kier molecular flexibility index (Phi) is 3.82. The molecule has 1 N–H and O–H groups in total. The molecule has 0 bridgehead atoms. The zero-order chi connectivity index (χ0) is 14.9. The number of nitrogens with one attached hydrogen (secondary N) is 1. The number of nitrogens with zero attached hydrogens (tertiary/aromatic N) is 4. The van der Waals surface area contributed by atoms with Crippen LogP contribution in [0.1, 0.15) is 33.0 Å². The average molecular weight is 287 g/mol. The molecule has 0 aliphatic rings. The molecule has 5 nitrogen and oxygen atoms in total. The third-order valence-electron chi connectivity index (χ3n) is 3.39. The molecular weight excluding hydrogens is 271 g/mol. The fourth-order valence-corrected chi connectivity index (χ4v) is 1.77. The fraction of sp³-hybridized carbons (Fsp3) is 0.583. The van der Waals surface area contributed by atoms with Gasteiger partial charge in [0.05, 0.1) is 0 Å². The molecule has 2 atom stereocenters. The number of hydrogen-bond donors (Lipinski definition) is 1. The van der Waals surface area contributed by atoms with E-state index in [4.69, 9.17) is 0 Å². The Bertz CT molecular complexity index is 592. The number of fused-ring (bicyclic) bond motifs is 1. The number of aromatic nitrogens is 4. The maximum absolute atomic E-state index is 12.7. The normalized spacial score (nSPS) is 15.3. The van der Waals surface area contributed by atoms with Crippen molar-refractivity contribution in [2.45, 2.75) is 39.4 Å². The van der Waals surface area contributed by atoms with Gasteiger partial charge in [-0.05, 0) is 25.0 Å². The highest BCUT2D eigenvalue weighted by atomic mass is 19.4. The largest absolute Gasteiger partial charge is 0.453 e. The SMILES string of the molecule is CCC(C)C(C)Nc1ccc2nnc(C(F)(F)F)n2n1. The van der Waals surface area contributed by atoms with Crippen molar-refractivity contribution in [1.29, 1.82) is 0 Å². The van der Waals surface area contributed by atoms with Gasteiger partial charge in [0.25, 0.3) is 5.82 Å². The summed E-state index contributed by atoms with van der Waals surface area (Å²) < 4.78 is 38.9. The highest BCUT2D eigenvalue weighted by molar-refractivity contribution is 5.44. The van der Waals surface area contributed by atoms with Gasteiger partial charge >= 0.3 is 6.18 Å². The molecule has 2 unspecified atom stereocenters. The van der Waals surface area contributed by atoms with Crippen molar-refractivity contribution in [3.63, 3.8) is 0 Å². The Morgan fingerprint density at radius 3 is 2.55 bits per heavy atom. The molecule has 2 heterocycles. The number of hydrogen-bond acceptors (Lipinski definition) is 4. The Labute approximate surface area is 114 Å². The van der Waals surface area contributed by atoms with E-state index in [0.717, 1.165) is 6.42 Å². The van der Waals surface area contributed by atoms with Gasteiger partial charge in [-0.1, -0.05) is 20.3 Å². The summed E-state index contributed by atoms with van der Waals surface area (Å²) in [5.41, 5.74) is 0.0686. The van der Waals surface area contributed by atoms with Gasteiger partial charge in [-0.3, -0.25) is 0 Å². The lowest BCUT2D eigenvalue weighted by molar-refractivity contribution is -0.146. The van der Waals surface area contributed by atoms with Crippen LogP contribution < -0.4 is 5.32 Å². The zero-order valence-electron chi connectivity index (χ0n) is 11.4. The first-order valence-corrected chi connectivity index (χ1v) is 6.39. The molecule has 0 spiro atoms. The first kappa shape index (κ1) is 14.5. The second-order valence-electron chi connectivity index (χ2n) is 4.83. The van der Waals surface area contributed by atoms with Crippen LogP contribution in [0.5, 0.6) is 0 Å². The highest BCUT2D eigenvalue weighted by Gasteiger charge is 2.37. The molecule has 0 saturated carbocycles. The van der Waals surface area contributed by atoms with Gasteiger partial charge in [0, 0.05) is 6.04 Å². The molecule has 110 valence electrons. The van der Waals surface area contributed by atoms with E-state index in [-0.39, 0.29) is 11.7 Å². The molecule has 0 radical (unpaired) electrons. The lowest BCUT2D eigenvalue weighted by Gasteiger charge is -2.20. The zero-order valence-corrected chi connectivity index (χ0v) is 11.4. The van der Waals surface area contributed by atoms with Crippen LogP contribution in [0.25, 0.3) is 5.65 Å². The summed E-state index contributed by atoms with van der Waals surface area (Å²) in [6, 6.07) is 3.17. The first-order chi connectivity index (χ1) is 9.32. The maximum atomic E-state index is 12.7. The van der Waals surface area contributed by atoms with Crippen LogP contribution in [0.2, 0.25) is 0 Å². The Balaban J connectivity index is 2.33. The van der Waals surface area contributed by atoms with Crippen LogP contribution in [0, 0.1) is 5.92 Å². The van der Waals surface area contributed by atoms with E-state index in [0.29, 0.717) is 16.3 Å². The van der Waals surface area contributed by atoms with Crippen LogP contribution in [-0.4, -0.2) is 25.9 Å². The summed E-state index contributed by atoms with van der Waals surface area (Å²) >= 11 is 0. The lowest BCUT2D eigenvalue weighted by atomic mass is 10.0. The molecule has 0 amide bonds. The van der Waals surface area contributed by atoms with Gasteiger partial charge in [0.2, 0.25) is 0 Å². The van der Waals surface area contributed by atoms with Crippen molar-refractivity contribution in [2.24, 2.45) is 5.92 Å². The second-order valence-corrected chi connectivity index (χ2v) is 4.83. The minimum absolute atomic E-state index is 0.0686. The molecule has 8 heteroatoms. The van der Waals surface area contributed by atoms with Gasteiger partial charge in [-0.25, -0.2) is 0 Å². The van der Waals surface area contributed by atoms with Crippen molar-refractivity contribution in [1.82, 2.24) is 19.8 Å². The third-order valence-corrected chi connectivity index (χ3v) is 3.39. The molecule has 2 aromatic heterocycles. The van der Waals surface area contributed by atoms with E-state index in [1.165, 1.54) is 6.07 Å². The van der Waals surface area contributed by atoms with Gasteiger partial charge in [0.15, 0.2) is 5.65 Å². The third kappa shape index (κ3) is 2.83. The topological polar surface area (TPSA) is 55.1 Å². The molecule has 0 aliphatic heterocycles. The van der Waals surface area contributed by atoms with Crippen LogP contribution in [0.15, 0.2) is 12.1 Å². The highest BCUT2D eigenvalue weighted by Crippen LogP contribution is 2.27. The quantitative estimate of drug-likeness (QED) is 0.939. The summed E-state index contributed by atoms with van der Waals surface area (Å²) in [7, 11) is 0. The number of rotatable bonds is 4. The van der Waals surface area contributed by atoms with Crippen molar-refractivity contribution in [3.05, 3.63) is 18.0 Å². The Morgan fingerprint density at radius 2 is 1.95 bits per heavy atom. The summed E-state index contributed by atoms with van der Waals surface area (Å²) in [4.78, 5) is 0. The molecule has 2 rings (SSSR count). The summed E-state index contributed by atoms with van der Waals surface area (Å²) in [6.45, 7) is 6.09. The Morgan fingerprint density at radius 1 is 1.25 bits per heavy atom. The molecule has 0 fully saturated rings. The molecule has 20 heavy (non-hydrogen) atoms. The fourth-order valence-electron chi connectivity index (χ4n) is 1.77. The maximum Gasteiger partial charge on any atom is 0.453 e. The minimum atomic E-state index is -4.58. The van der Waals surface area contributed by atoms with Crippen LogP contribution in [0.3, 0.4) is 0 Å². The van der Waals surface area contributed by atoms with Crippen molar-refractivity contribution >= 4 is 11.5 Å². The summed E-state index contributed by atoms with van der Waals surface area (Å²) in [5, 5.41) is 13.6. The standard InChI is InChI=1S/C12H16F3N5/c1-4-7(2)8(3)16-9-5-6-10-17-18-11(12(13,14)15)20(10)19-9/h5-8H,4H2,1-3H3,(H,16,19). The average Bonchev–Trinajstić information content (AvgIpc) is 2.80. The van der Waals surface area contributed by atoms with E-state index < -0.39 is 12.0 Å². The predicted octanol–water partition coefficient (Wildman–Crippen LogP) is 2.99. The molecule has 0 aromatic carbocycles. The van der Waals surface area contributed by atoms with E-state index >= 15 is 0 Å². The van der Waals surface area contributed by atoms with Gasteiger partial charge in [-0.2, -0.15) is 17.7 Å². The van der Waals surface area contributed by atoms with Gasteiger partial charge in [0.1, 0.15) is 5.82 Å². The summed E-state index contributed by atoms with van der Waals surface area (Å²) in [5.74, 6) is -0.363. The van der Waals surface area contributed by atoms with Crippen LogP contribution in [0.4, 0.5) is 19.0 Å². The smallest absolute Gasteiger partial charge is 0.366 e. The number of anilines is 1. The van der Waals surface area contributed by atoms with Crippen molar-refractivity contribution in [3.8, 4) is 0 Å². The Hall–Kier alpha value is -1.86. The molecule has 0 saturated heterocycles. The molecular formula is C12H16F3N5. The number of halogens is 3. The minimum Gasteiger partial charge on any atom is -0.366 e. The molecule has 0 aliphatic carbocycles. The lowest BCUT2D eigenvalue weighted by Crippen LogP contribution is -2.24. The van der Waals surface area contributed by atoms with E-state index in [9.17, 15) is 13.2 Å². The van der Waals surface area contributed by atoms with Crippen molar-refractivity contribution in [2.75, 3.05) is 5.32 Å². The summed E-state index contributed by atoms with van der Waals surface area (Å²) in [6.07, 6.45) is -3.61.